The van der Waals surface area contributed by atoms with E-state index in [2.05, 4.69) is 17.2 Å². The first-order chi connectivity index (χ1) is 8.06. The van der Waals surface area contributed by atoms with Gasteiger partial charge in [-0.25, -0.2) is 4.98 Å². The Labute approximate surface area is 105 Å². The summed E-state index contributed by atoms with van der Waals surface area (Å²) in [6, 6.07) is 1.65. The second-order valence-electron chi connectivity index (χ2n) is 4.02. The Morgan fingerprint density at radius 2 is 2.35 bits per heavy atom. The topological polar surface area (TPSA) is 68.1 Å². The van der Waals surface area contributed by atoms with Crippen LogP contribution in [0, 0.1) is 23.0 Å². The molecule has 1 aromatic heterocycles. The van der Waals surface area contributed by atoms with E-state index in [9.17, 15) is 10.1 Å². The highest BCUT2D eigenvalue weighted by molar-refractivity contribution is 7.98. The van der Waals surface area contributed by atoms with Gasteiger partial charge in [-0.15, -0.1) is 0 Å². The summed E-state index contributed by atoms with van der Waals surface area (Å²) in [6.07, 6.45) is 3.63. The molecule has 6 heteroatoms. The van der Waals surface area contributed by atoms with Gasteiger partial charge in [-0.2, -0.15) is 11.8 Å². The summed E-state index contributed by atoms with van der Waals surface area (Å²) in [5.74, 6) is 1.84. The average molecular weight is 255 g/mol. The molecule has 1 rings (SSSR count). The van der Waals surface area contributed by atoms with E-state index >= 15 is 0 Å². The molecule has 17 heavy (non-hydrogen) atoms. The Bertz CT molecular complexity index is 398. The van der Waals surface area contributed by atoms with Gasteiger partial charge < -0.3 is 5.32 Å². The highest BCUT2D eigenvalue weighted by atomic mass is 32.2. The minimum absolute atomic E-state index is 0.0730. The van der Waals surface area contributed by atoms with Crippen LogP contribution in [0.15, 0.2) is 12.3 Å². The van der Waals surface area contributed by atoms with Crippen LogP contribution in [-0.4, -0.2) is 28.5 Å². The van der Waals surface area contributed by atoms with E-state index in [1.807, 2.05) is 6.26 Å². The lowest BCUT2D eigenvalue weighted by Gasteiger charge is -2.12. The second kappa shape index (κ2) is 6.44. The Hall–Kier alpha value is -1.30. The summed E-state index contributed by atoms with van der Waals surface area (Å²) in [6.45, 7) is 4.51. The molecule has 0 radical (unpaired) electrons. The Morgan fingerprint density at radius 1 is 1.65 bits per heavy atom. The predicted molar refractivity (Wildman–Crippen MR) is 71.7 cm³/mol. The monoisotopic (exact) mass is 255 g/mol. The standard InChI is InChI=1S/C11H17N3O2S/c1-8(7-17-3)6-13-11-10(14(15)16)9(2)4-5-12-11/h4-5,8H,6-7H2,1-3H3,(H,12,13). The third kappa shape index (κ3) is 3.89. The first-order valence-corrected chi connectivity index (χ1v) is 6.78. The molecule has 0 saturated carbocycles. The molecule has 1 atom stereocenters. The van der Waals surface area contributed by atoms with Crippen LogP contribution in [0.25, 0.3) is 0 Å². The molecule has 0 saturated heterocycles. The third-order valence-electron chi connectivity index (χ3n) is 2.38. The van der Waals surface area contributed by atoms with E-state index in [-0.39, 0.29) is 10.6 Å². The molecule has 0 aliphatic rings. The number of thioether (sulfide) groups is 1. The molecule has 0 fully saturated rings. The molecule has 94 valence electrons. The van der Waals surface area contributed by atoms with Crippen molar-refractivity contribution in [3.63, 3.8) is 0 Å². The lowest BCUT2D eigenvalue weighted by molar-refractivity contribution is -0.384. The molecule has 0 spiro atoms. The molecule has 0 aromatic carbocycles. The zero-order valence-electron chi connectivity index (χ0n) is 10.3. The summed E-state index contributed by atoms with van der Waals surface area (Å²) in [4.78, 5) is 14.6. The van der Waals surface area contributed by atoms with Gasteiger partial charge >= 0.3 is 5.69 Å². The zero-order chi connectivity index (χ0) is 12.8. The van der Waals surface area contributed by atoms with Crippen molar-refractivity contribution in [3.8, 4) is 0 Å². The largest absolute Gasteiger partial charge is 0.364 e. The van der Waals surface area contributed by atoms with Crippen molar-refractivity contribution in [3.05, 3.63) is 27.9 Å². The molecule has 0 amide bonds. The summed E-state index contributed by atoms with van der Waals surface area (Å²) < 4.78 is 0. The molecule has 1 N–H and O–H groups in total. The summed E-state index contributed by atoms with van der Waals surface area (Å²) in [5.41, 5.74) is 0.703. The van der Waals surface area contributed by atoms with Gasteiger partial charge in [0.2, 0.25) is 5.82 Å². The summed E-state index contributed by atoms with van der Waals surface area (Å²) in [7, 11) is 0. The molecule has 0 bridgehead atoms. The molecular weight excluding hydrogens is 238 g/mol. The zero-order valence-corrected chi connectivity index (χ0v) is 11.1. The number of aryl methyl sites for hydroxylation is 1. The number of nitrogens with zero attached hydrogens (tertiary/aromatic N) is 2. The Kier molecular flexibility index (Phi) is 5.21. The van der Waals surface area contributed by atoms with E-state index in [0.717, 1.165) is 5.75 Å². The van der Waals surface area contributed by atoms with Gasteiger partial charge in [0.1, 0.15) is 0 Å². The number of aromatic nitrogens is 1. The minimum atomic E-state index is -0.385. The molecule has 5 nitrogen and oxygen atoms in total. The van der Waals surface area contributed by atoms with Crippen LogP contribution in [0.4, 0.5) is 11.5 Å². The molecule has 0 aliphatic heterocycles. The number of nitro groups is 1. The fourth-order valence-electron chi connectivity index (χ4n) is 1.52. The number of nitrogens with one attached hydrogen (secondary N) is 1. The minimum Gasteiger partial charge on any atom is -0.364 e. The maximum atomic E-state index is 10.9. The van der Waals surface area contributed by atoms with Crippen molar-refractivity contribution in [2.75, 3.05) is 23.9 Å². The molecule has 1 unspecified atom stereocenters. The fourth-order valence-corrected chi connectivity index (χ4v) is 2.21. The highest BCUT2D eigenvalue weighted by Gasteiger charge is 2.18. The van der Waals surface area contributed by atoms with Crippen molar-refractivity contribution in [2.24, 2.45) is 5.92 Å². The smallest absolute Gasteiger partial charge is 0.314 e. The molecular formula is C11H17N3O2S. The maximum absolute atomic E-state index is 10.9. The SMILES string of the molecule is CSCC(C)CNc1nccc(C)c1[N+](=O)[O-]. The van der Waals surface area contributed by atoms with Crippen LogP contribution in [0.5, 0.6) is 0 Å². The van der Waals surface area contributed by atoms with Crippen molar-refractivity contribution in [2.45, 2.75) is 13.8 Å². The van der Waals surface area contributed by atoms with Crippen molar-refractivity contribution < 1.29 is 4.92 Å². The van der Waals surface area contributed by atoms with Crippen LogP contribution in [0.2, 0.25) is 0 Å². The number of anilines is 1. The van der Waals surface area contributed by atoms with E-state index in [1.54, 1.807) is 30.9 Å². The Morgan fingerprint density at radius 3 is 2.94 bits per heavy atom. The number of pyridine rings is 1. The first-order valence-electron chi connectivity index (χ1n) is 5.39. The van der Waals surface area contributed by atoms with Gasteiger partial charge in [-0.3, -0.25) is 10.1 Å². The van der Waals surface area contributed by atoms with Crippen molar-refractivity contribution >= 4 is 23.3 Å². The molecule has 1 aromatic rings. The third-order valence-corrected chi connectivity index (χ3v) is 3.28. The van der Waals surface area contributed by atoms with Gasteiger partial charge in [-0.05, 0) is 30.9 Å². The lowest BCUT2D eigenvalue weighted by atomic mass is 10.2. The van der Waals surface area contributed by atoms with Gasteiger partial charge in [0, 0.05) is 18.3 Å². The van der Waals surface area contributed by atoms with Crippen molar-refractivity contribution in [1.29, 1.82) is 0 Å². The number of hydrogen-bond donors (Lipinski definition) is 1. The van der Waals surface area contributed by atoms with E-state index in [0.29, 0.717) is 23.8 Å². The quantitative estimate of drug-likeness (QED) is 0.625. The fraction of sp³-hybridized carbons (Fsp3) is 0.545. The van der Waals surface area contributed by atoms with Crippen LogP contribution in [-0.2, 0) is 0 Å². The van der Waals surface area contributed by atoms with Gasteiger partial charge in [0.05, 0.1) is 4.92 Å². The van der Waals surface area contributed by atoms with Crippen molar-refractivity contribution in [1.82, 2.24) is 4.98 Å². The highest BCUT2D eigenvalue weighted by Crippen LogP contribution is 2.25. The maximum Gasteiger partial charge on any atom is 0.314 e. The van der Waals surface area contributed by atoms with Gasteiger partial charge in [0.25, 0.3) is 0 Å². The van der Waals surface area contributed by atoms with Crippen LogP contribution in [0.3, 0.4) is 0 Å². The molecule has 1 heterocycles. The van der Waals surface area contributed by atoms with E-state index in [4.69, 9.17) is 0 Å². The number of rotatable bonds is 6. The van der Waals surface area contributed by atoms with Crippen LogP contribution in [0.1, 0.15) is 12.5 Å². The second-order valence-corrected chi connectivity index (χ2v) is 4.93. The lowest BCUT2D eigenvalue weighted by Crippen LogP contribution is -2.15. The van der Waals surface area contributed by atoms with Crippen LogP contribution >= 0.6 is 11.8 Å². The first kappa shape index (κ1) is 13.8. The number of hydrogen-bond acceptors (Lipinski definition) is 5. The normalized spacial score (nSPS) is 12.2. The van der Waals surface area contributed by atoms with Crippen LogP contribution < -0.4 is 5.32 Å². The van der Waals surface area contributed by atoms with E-state index < -0.39 is 0 Å². The average Bonchev–Trinajstić information content (AvgIpc) is 2.26. The predicted octanol–water partition coefficient (Wildman–Crippen LogP) is 2.71. The van der Waals surface area contributed by atoms with Gasteiger partial charge in [0.15, 0.2) is 0 Å². The van der Waals surface area contributed by atoms with Gasteiger partial charge in [-0.1, -0.05) is 6.92 Å². The summed E-state index contributed by atoms with van der Waals surface area (Å²) >= 11 is 1.76. The van der Waals surface area contributed by atoms with E-state index in [1.165, 1.54) is 0 Å². The summed E-state index contributed by atoms with van der Waals surface area (Å²) in [5, 5.41) is 14.0. The molecule has 0 aliphatic carbocycles. The Balaban J connectivity index is 2.77.